The maximum atomic E-state index is 12.7. The molecule has 0 unspecified atom stereocenters. The molecule has 0 bridgehead atoms. The van der Waals surface area contributed by atoms with E-state index in [1.54, 1.807) is 18.3 Å². The molecular formula is C20H14Cl2N6O3S. The number of carbonyl (C=O) groups excluding carboxylic acids is 1. The molecule has 0 saturated carbocycles. The van der Waals surface area contributed by atoms with Gasteiger partial charge in [0.05, 0.1) is 10.7 Å². The number of benzene rings is 2. The molecule has 0 radical (unpaired) electrons. The Balaban J connectivity index is 1.51. The fourth-order valence-electron chi connectivity index (χ4n) is 2.77. The van der Waals surface area contributed by atoms with Gasteiger partial charge in [-0.15, -0.1) is 0 Å². The highest BCUT2D eigenvalue weighted by molar-refractivity contribution is 7.92. The van der Waals surface area contributed by atoms with Gasteiger partial charge in [-0.05, 0) is 54.6 Å². The predicted molar refractivity (Wildman–Crippen MR) is 121 cm³/mol. The molecular weight excluding hydrogens is 475 g/mol. The molecule has 0 aliphatic heterocycles. The molecule has 0 spiro atoms. The molecule has 32 heavy (non-hydrogen) atoms. The molecule has 2 aromatic heterocycles. The van der Waals surface area contributed by atoms with E-state index in [4.69, 9.17) is 23.2 Å². The smallest absolute Gasteiger partial charge is 0.263 e. The first-order chi connectivity index (χ1) is 15.3. The Kier molecular flexibility index (Phi) is 6.08. The van der Waals surface area contributed by atoms with Gasteiger partial charge in [-0.25, -0.2) is 23.1 Å². The van der Waals surface area contributed by atoms with Gasteiger partial charge in [-0.2, -0.15) is 5.10 Å². The van der Waals surface area contributed by atoms with Gasteiger partial charge in [0.2, 0.25) is 0 Å². The van der Waals surface area contributed by atoms with Crippen LogP contribution in [0.3, 0.4) is 0 Å². The fraction of sp³-hybridized carbons (Fsp3) is 0. The van der Waals surface area contributed by atoms with E-state index in [1.165, 1.54) is 59.8 Å². The van der Waals surface area contributed by atoms with Crippen molar-refractivity contribution in [3.05, 3.63) is 89.1 Å². The Morgan fingerprint density at radius 3 is 2.53 bits per heavy atom. The van der Waals surface area contributed by atoms with Crippen molar-refractivity contribution in [2.75, 3.05) is 10.0 Å². The van der Waals surface area contributed by atoms with E-state index in [-0.39, 0.29) is 20.6 Å². The number of rotatable bonds is 6. The van der Waals surface area contributed by atoms with Crippen molar-refractivity contribution in [2.24, 2.45) is 0 Å². The third-order valence-corrected chi connectivity index (χ3v) is 6.35. The number of aromatic nitrogens is 4. The second-order valence-electron chi connectivity index (χ2n) is 6.43. The molecule has 2 aromatic carbocycles. The van der Waals surface area contributed by atoms with Crippen molar-refractivity contribution in [1.82, 2.24) is 19.7 Å². The first-order valence-electron chi connectivity index (χ1n) is 9.03. The second-order valence-corrected chi connectivity index (χ2v) is 8.92. The van der Waals surface area contributed by atoms with Gasteiger partial charge < -0.3 is 5.32 Å². The molecule has 2 N–H and O–H groups in total. The Bertz CT molecular complexity index is 1380. The van der Waals surface area contributed by atoms with Gasteiger partial charge in [0, 0.05) is 22.5 Å². The summed E-state index contributed by atoms with van der Waals surface area (Å²) in [6.07, 6.45) is 4.39. The van der Waals surface area contributed by atoms with Crippen LogP contribution in [0.15, 0.2) is 78.3 Å². The molecule has 2 heterocycles. The molecule has 9 nitrogen and oxygen atoms in total. The summed E-state index contributed by atoms with van der Waals surface area (Å²) in [5.41, 5.74) is 0.993. The topological polar surface area (TPSA) is 119 Å². The molecule has 162 valence electrons. The van der Waals surface area contributed by atoms with Crippen LogP contribution in [0.1, 0.15) is 10.4 Å². The Morgan fingerprint density at radius 1 is 1.03 bits per heavy atom. The summed E-state index contributed by atoms with van der Waals surface area (Å²) < 4.78 is 29.1. The highest BCUT2D eigenvalue weighted by atomic mass is 35.5. The lowest BCUT2D eigenvalue weighted by Crippen LogP contribution is -2.16. The highest BCUT2D eigenvalue weighted by Gasteiger charge is 2.19. The molecule has 4 rings (SSSR count). The first kappa shape index (κ1) is 21.8. The van der Waals surface area contributed by atoms with Crippen LogP contribution >= 0.6 is 23.2 Å². The molecule has 1 amide bonds. The zero-order chi connectivity index (χ0) is 22.7. The average Bonchev–Trinajstić information content (AvgIpc) is 3.31. The fourth-order valence-corrected chi connectivity index (χ4v) is 4.59. The number of hydrogen-bond donors (Lipinski definition) is 2. The van der Waals surface area contributed by atoms with Gasteiger partial charge in [-0.1, -0.05) is 23.2 Å². The third kappa shape index (κ3) is 4.72. The predicted octanol–water partition coefficient (Wildman–Crippen LogP) is 4.02. The summed E-state index contributed by atoms with van der Waals surface area (Å²) in [6, 6.07) is 13.4. The van der Waals surface area contributed by atoms with Crippen LogP contribution in [0.5, 0.6) is 0 Å². The van der Waals surface area contributed by atoms with Crippen LogP contribution in [0.4, 0.5) is 11.4 Å². The van der Waals surface area contributed by atoms with Gasteiger partial charge in [0.25, 0.3) is 15.9 Å². The van der Waals surface area contributed by atoms with E-state index >= 15 is 0 Å². The van der Waals surface area contributed by atoms with Crippen LogP contribution in [0.25, 0.3) is 5.82 Å². The summed E-state index contributed by atoms with van der Waals surface area (Å²) in [5, 5.41) is 7.06. The van der Waals surface area contributed by atoms with Crippen LogP contribution < -0.4 is 10.0 Å². The van der Waals surface area contributed by atoms with Gasteiger partial charge >= 0.3 is 0 Å². The maximum absolute atomic E-state index is 12.7. The maximum Gasteiger partial charge on any atom is 0.263 e. The average molecular weight is 489 g/mol. The van der Waals surface area contributed by atoms with Crippen LogP contribution in [-0.2, 0) is 10.0 Å². The largest absolute Gasteiger partial charge is 0.319 e. The van der Waals surface area contributed by atoms with E-state index in [0.29, 0.717) is 17.1 Å². The van der Waals surface area contributed by atoms with Crippen molar-refractivity contribution in [2.45, 2.75) is 4.90 Å². The lowest BCUT2D eigenvalue weighted by molar-refractivity contribution is 0.102. The number of nitrogens with one attached hydrogen (secondary N) is 2. The van der Waals surface area contributed by atoms with Crippen molar-refractivity contribution in [3.8, 4) is 5.82 Å². The number of sulfonamides is 1. The Labute approximate surface area is 193 Å². The number of halogens is 2. The lowest BCUT2D eigenvalue weighted by Gasteiger charge is -2.11. The number of amides is 1. The highest BCUT2D eigenvalue weighted by Crippen LogP contribution is 2.27. The molecule has 0 atom stereocenters. The van der Waals surface area contributed by atoms with Gasteiger partial charge in [-0.3, -0.25) is 9.52 Å². The Morgan fingerprint density at radius 2 is 1.81 bits per heavy atom. The van der Waals surface area contributed by atoms with Crippen molar-refractivity contribution in [1.29, 1.82) is 0 Å². The molecule has 0 fully saturated rings. The monoisotopic (exact) mass is 488 g/mol. The summed E-state index contributed by atoms with van der Waals surface area (Å²) in [5.74, 6) is -0.00668. The van der Waals surface area contributed by atoms with Crippen LogP contribution in [0.2, 0.25) is 10.0 Å². The first-order valence-corrected chi connectivity index (χ1v) is 11.3. The zero-order valence-electron chi connectivity index (χ0n) is 16.1. The van der Waals surface area contributed by atoms with Crippen molar-refractivity contribution in [3.63, 3.8) is 0 Å². The van der Waals surface area contributed by atoms with E-state index in [0.717, 1.165) is 0 Å². The number of nitrogens with zero attached hydrogens (tertiary/aromatic N) is 4. The Hall–Kier alpha value is -3.47. The van der Waals surface area contributed by atoms with E-state index in [2.05, 4.69) is 25.1 Å². The van der Waals surface area contributed by atoms with Crippen molar-refractivity contribution >= 4 is 50.5 Å². The van der Waals surface area contributed by atoms with E-state index < -0.39 is 15.9 Å². The zero-order valence-corrected chi connectivity index (χ0v) is 18.4. The minimum Gasteiger partial charge on any atom is -0.319 e. The van der Waals surface area contributed by atoms with E-state index in [1.807, 2.05) is 0 Å². The molecule has 4 aromatic rings. The van der Waals surface area contributed by atoms with Gasteiger partial charge in [0.15, 0.2) is 5.82 Å². The second kappa shape index (κ2) is 8.95. The van der Waals surface area contributed by atoms with Crippen LogP contribution in [-0.4, -0.2) is 34.1 Å². The summed E-state index contributed by atoms with van der Waals surface area (Å²) >= 11 is 11.9. The normalized spacial score (nSPS) is 11.2. The number of pyridine rings is 1. The molecule has 0 aliphatic carbocycles. The molecule has 12 heteroatoms. The number of hydrogen-bond acceptors (Lipinski definition) is 6. The quantitative estimate of drug-likeness (QED) is 0.422. The molecule has 0 saturated heterocycles. The lowest BCUT2D eigenvalue weighted by atomic mass is 10.2. The third-order valence-electron chi connectivity index (χ3n) is 4.25. The summed E-state index contributed by atoms with van der Waals surface area (Å²) in [7, 11) is -3.97. The molecule has 0 aliphatic rings. The summed E-state index contributed by atoms with van der Waals surface area (Å²) in [4.78, 5) is 20.6. The minimum atomic E-state index is -3.97. The SMILES string of the molecule is O=C(Nc1cccnc1-n1cncn1)c1ccc(NS(=O)(=O)c2cc(Cl)ccc2Cl)cc1. The van der Waals surface area contributed by atoms with E-state index in [9.17, 15) is 13.2 Å². The minimum absolute atomic E-state index is 0.0394. The van der Waals surface area contributed by atoms with Crippen molar-refractivity contribution < 1.29 is 13.2 Å². The number of anilines is 2. The summed E-state index contributed by atoms with van der Waals surface area (Å²) in [6.45, 7) is 0. The standard InChI is InChI=1S/C20H14Cl2N6O3S/c21-14-5-8-16(22)18(10-14)32(30,31)27-15-6-3-13(4-7-15)20(29)26-17-2-1-9-24-19(17)28-12-23-11-25-28/h1-12,27H,(H,26,29). The van der Waals surface area contributed by atoms with Crippen LogP contribution in [0, 0.1) is 0 Å². The van der Waals surface area contributed by atoms with Gasteiger partial charge in [0.1, 0.15) is 17.6 Å². The number of carbonyl (C=O) groups is 1.